The van der Waals surface area contributed by atoms with Crippen molar-refractivity contribution in [3.63, 3.8) is 0 Å². The first kappa shape index (κ1) is 18.4. The van der Waals surface area contributed by atoms with E-state index in [9.17, 15) is 9.18 Å². The summed E-state index contributed by atoms with van der Waals surface area (Å²) in [4.78, 5) is 22.6. The standard InChI is InChI=1S/C21H16FN5O2S/c1-11(2)16-15-9-13(10-23-20(15)29-26-16)19(28)25-18-17(12-3-5-14(22)6-4-12)24-21-27(18)7-8-30-21/h3-11H,1-2H3,(H,25,28). The number of rotatable bonds is 4. The number of nitrogens with zero attached hydrogens (tertiary/aromatic N) is 4. The van der Waals surface area contributed by atoms with Crippen molar-refractivity contribution >= 4 is 39.1 Å². The van der Waals surface area contributed by atoms with Crippen LogP contribution in [0.2, 0.25) is 0 Å². The predicted octanol–water partition coefficient (Wildman–Crippen LogP) is 5.11. The van der Waals surface area contributed by atoms with Gasteiger partial charge in [-0.1, -0.05) is 19.0 Å². The molecule has 1 N–H and O–H groups in total. The summed E-state index contributed by atoms with van der Waals surface area (Å²) in [5.74, 6) is -0.0230. The Hall–Kier alpha value is -3.59. The summed E-state index contributed by atoms with van der Waals surface area (Å²) in [7, 11) is 0. The van der Waals surface area contributed by atoms with E-state index in [1.54, 1.807) is 22.6 Å². The third-order valence-electron chi connectivity index (χ3n) is 4.78. The van der Waals surface area contributed by atoms with Crippen LogP contribution in [0.5, 0.6) is 0 Å². The van der Waals surface area contributed by atoms with Gasteiger partial charge in [0.15, 0.2) is 4.96 Å². The Labute approximate surface area is 174 Å². The molecule has 0 spiro atoms. The summed E-state index contributed by atoms with van der Waals surface area (Å²) in [6, 6.07) is 7.73. The van der Waals surface area contributed by atoms with Gasteiger partial charge >= 0.3 is 0 Å². The number of fused-ring (bicyclic) bond motifs is 2. The minimum absolute atomic E-state index is 0.136. The Morgan fingerprint density at radius 2 is 2.07 bits per heavy atom. The van der Waals surface area contributed by atoms with Crippen molar-refractivity contribution in [1.29, 1.82) is 0 Å². The van der Waals surface area contributed by atoms with Gasteiger partial charge in [0.2, 0.25) is 0 Å². The minimum atomic E-state index is -0.336. The molecule has 0 unspecified atom stereocenters. The summed E-state index contributed by atoms with van der Waals surface area (Å²) in [6.07, 6.45) is 3.28. The van der Waals surface area contributed by atoms with Gasteiger partial charge in [-0.25, -0.2) is 14.4 Å². The van der Waals surface area contributed by atoms with Crippen molar-refractivity contribution in [3.8, 4) is 11.3 Å². The maximum Gasteiger partial charge on any atom is 0.258 e. The highest BCUT2D eigenvalue weighted by Gasteiger charge is 2.20. The Morgan fingerprint density at radius 3 is 2.83 bits per heavy atom. The lowest BCUT2D eigenvalue weighted by Gasteiger charge is -2.07. The molecular weight excluding hydrogens is 405 g/mol. The molecule has 5 rings (SSSR count). The first-order chi connectivity index (χ1) is 14.5. The molecule has 30 heavy (non-hydrogen) atoms. The molecule has 0 aliphatic heterocycles. The van der Waals surface area contributed by atoms with E-state index in [2.05, 4.69) is 20.4 Å². The molecular formula is C21H16FN5O2S. The second-order valence-corrected chi connectivity index (χ2v) is 8.00. The second kappa shape index (κ2) is 7.03. The number of anilines is 1. The average molecular weight is 421 g/mol. The number of hydrogen-bond donors (Lipinski definition) is 1. The Kier molecular flexibility index (Phi) is 4.32. The van der Waals surface area contributed by atoms with E-state index in [4.69, 9.17) is 4.52 Å². The molecule has 9 heteroatoms. The van der Waals surface area contributed by atoms with Crippen molar-refractivity contribution in [1.82, 2.24) is 19.5 Å². The predicted molar refractivity (Wildman–Crippen MR) is 112 cm³/mol. The Bertz CT molecular complexity index is 1380. The number of imidazole rings is 1. The van der Waals surface area contributed by atoms with E-state index >= 15 is 0 Å². The van der Waals surface area contributed by atoms with E-state index in [1.165, 1.54) is 29.7 Å². The lowest BCUT2D eigenvalue weighted by atomic mass is 10.1. The molecule has 0 atom stereocenters. The normalized spacial score (nSPS) is 11.6. The molecule has 150 valence electrons. The Morgan fingerprint density at radius 1 is 1.27 bits per heavy atom. The fourth-order valence-corrected chi connectivity index (χ4v) is 4.00. The summed E-state index contributed by atoms with van der Waals surface area (Å²) in [6.45, 7) is 4.00. The molecule has 4 aromatic heterocycles. The zero-order valence-corrected chi connectivity index (χ0v) is 16.9. The highest BCUT2D eigenvalue weighted by molar-refractivity contribution is 7.15. The quantitative estimate of drug-likeness (QED) is 0.436. The number of thiazole rings is 1. The summed E-state index contributed by atoms with van der Waals surface area (Å²) < 4.78 is 20.4. The van der Waals surface area contributed by atoms with Gasteiger partial charge in [0, 0.05) is 23.3 Å². The number of pyridine rings is 1. The maximum absolute atomic E-state index is 13.4. The molecule has 0 bridgehead atoms. The summed E-state index contributed by atoms with van der Waals surface area (Å²) in [5, 5.41) is 9.59. The van der Waals surface area contributed by atoms with Crippen LogP contribution in [0.4, 0.5) is 10.2 Å². The van der Waals surface area contributed by atoms with Gasteiger partial charge in [-0.05, 0) is 36.2 Å². The van der Waals surface area contributed by atoms with E-state index < -0.39 is 0 Å². The smallest absolute Gasteiger partial charge is 0.258 e. The van der Waals surface area contributed by atoms with Gasteiger partial charge < -0.3 is 9.84 Å². The van der Waals surface area contributed by atoms with Crippen LogP contribution < -0.4 is 5.32 Å². The number of benzene rings is 1. The van der Waals surface area contributed by atoms with Crippen LogP contribution in [0, 0.1) is 5.82 Å². The topological polar surface area (TPSA) is 85.3 Å². The van der Waals surface area contributed by atoms with Crippen molar-refractivity contribution in [2.45, 2.75) is 19.8 Å². The molecule has 0 radical (unpaired) electrons. The molecule has 1 amide bonds. The third-order valence-corrected chi connectivity index (χ3v) is 5.53. The van der Waals surface area contributed by atoms with Gasteiger partial charge in [-0.15, -0.1) is 11.3 Å². The van der Waals surface area contributed by atoms with E-state index in [-0.39, 0.29) is 17.6 Å². The Balaban J connectivity index is 1.55. The van der Waals surface area contributed by atoms with Crippen LogP contribution in [0.1, 0.15) is 35.8 Å². The lowest BCUT2D eigenvalue weighted by Crippen LogP contribution is -2.14. The summed E-state index contributed by atoms with van der Waals surface area (Å²) >= 11 is 1.44. The first-order valence-corrected chi connectivity index (χ1v) is 10.2. The number of carbonyl (C=O) groups excluding carboxylic acids is 1. The van der Waals surface area contributed by atoms with Gasteiger partial charge in [0.1, 0.15) is 17.3 Å². The molecule has 1 aromatic carbocycles. The van der Waals surface area contributed by atoms with Crippen LogP contribution >= 0.6 is 11.3 Å². The summed E-state index contributed by atoms with van der Waals surface area (Å²) in [5.41, 5.74) is 2.80. The zero-order valence-electron chi connectivity index (χ0n) is 16.1. The lowest BCUT2D eigenvalue weighted by molar-refractivity contribution is 0.102. The number of halogens is 1. The number of amides is 1. The molecule has 7 nitrogen and oxygen atoms in total. The molecule has 0 aliphatic carbocycles. The molecule has 4 heterocycles. The van der Waals surface area contributed by atoms with Crippen molar-refractivity contribution < 1.29 is 13.7 Å². The monoisotopic (exact) mass is 421 g/mol. The SMILES string of the molecule is CC(C)c1noc2ncc(C(=O)Nc3c(-c4ccc(F)cc4)nc4sccn34)cc12. The van der Waals surface area contributed by atoms with Gasteiger partial charge in [-0.2, -0.15) is 0 Å². The van der Waals surface area contributed by atoms with E-state index in [0.29, 0.717) is 33.7 Å². The van der Waals surface area contributed by atoms with Gasteiger partial charge in [0.25, 0.3) is 11.6 Å². The molecule has 0 saturated heterocycles. The van der Waals surface area contributed by atoms with Crippen LogP contribution in [0.25, 0.3) is 27.3 Å². The van der Waals surface area contributed by atoms with Crippen molar-refractivity contribution in [2.24, 2.45) is 0 Å². The first-order valence-electron chi connectivity index (χ1n) is 9.29. The fraction of sp³-hybridized carbons (Fsp3) is 0.143. The largest absolute Gasteiger partial charge is 0.336 e. The number of hydrogen-bond acceptors (Lipinski definition) is 6. The molecule has 0 saturated carbocycles. The second-order valence-electron chi connectivity index (χ2n) is 7.12. The highest BCUT2D eigenvalue weighted by atomic mass is 32.1. The van der Waals surface area contributed by atoms with Gasteiger partial charge in [-0.3, -0.25) is 9.20 Å². The fourth-order valence-electron chi connectivity index (χ4n) is 3.28. The van der Waals surface area contributed by atoms with Crippen LogP contribution in [-0.4, -0.2) is 25.4 Å². The van der Waals surface area contributed by atoms with Crippen LogP contribution in [0.15, 0.2) is 52.6 Å². The van der Waals surface area contributed by atoms with Crippen molar-refractivity contribution in [2.75, 3.05) is 5.32 Å². The number of carbonyl (C=O) groups is 1. The van der Waals surface area contributed by atoms with E-state index in [1.807, 2.05) is 25.4 Å². The maximum atomic E-state index is 13.4. The van der Waals surface area contributed by atoms with Gasteiger partial charge in [0.05, 0.1) is 16.6 Å². The molecule has 0 aliphatic rings. The van der Waals surface area contributed by atoms with Crippen LogP contribution in [-0.2, 0) is 0 Å². The molecule has 0 fully saturated rings. The third kappa shape index (κ3) is 3.03. The van der Waals surface area contributed by atoms with Crippen LogP contribution in [0.3, 0.4) is 0 Å². The zero-order chi connectivity index (χ0) is 20.8. The van der Waals surface area contributed by atoms with Crippen molar-refractivity contribution in [3.05, 3.63) is 65.2 Å². The minimum Gasteiger partial charge on any atom is -0.336 e. The average Bonchev–Trinajstić information content (AvgIpc) is 3.43. The molecule has 5 aromatic rings. The number of nitrogens with one attached hydrogen (secondary N) is 1. The van der Waals surface area contributed by atoms with E-state index in [0.717, 1.165) is 10.7 Å². The highest BCUT2D eigenvalue weighted by Crippen LogP contribution is 2.31. The number of aromatic nitrogens is 4.